The van der Waals surface area contributed by atoms with Gasteiger partial charge in [0.25, 0.3) is 5.91 Å². The maximum absolute atomic E-state index is 13.0. The molecule has 0 aliphatic carbocycles. The lowest BCUT2D eigenvalue weighted by atomic mass is 10.0. The molecule has 0 spiro atoms. The van der Waals surface area contributed by atoms with Crippen LogP contribution in [0.15, 0.2) is 24.3 Å². The van der Waals surface area contributed by atoms with Crippen molar-refractivity contribution in [3.63, 3.8) is 0 Å². The molecule has 1 fully saturated rings. The summed E-state index contributed by atoms with van der Waals surface area (Å²) in [5.41, 5.74) is 4.58. The van der Waals surface area contributed by atoms with Crippen molar-refractivity contribution >= 4 is 23.2 Å². The first kappa shape index (κ1) is 18.8. The third-order valence-corrected chi connectivity index (χ3v) is 5.55. The molecule has 3 aromatic rings. The van der Waals surface area contributed by atoms with Gasteiger partial charge in [0.05, 0.1) is 17.0 Å². The van der Waals surface area contributed by atoms with Crippen molar-refractivity contribution < 1.29 is 4.79 Å². The van der Waals surface area contributed by atoms with Gasteiger partial charge in [-0.3, -0.25) is 4.79 Å². The van der Waals surface area contributed by atoms with Crippen molar-refractivity contribution in [3.8, 4) is 11.1 Å². The molecular weight excluding hydrogens is 376 g/mol. The number of piperazine rings is 1. The Morgan fingerprint density at radius 1 is 1.11 bits per heavy atom. The van der Waals surface area contributed by atoms with E-state index in [0.29, 0.717) is 35.1 Å². The van der Waals surface area contributed by atoms with E-state index in [0.717, 1.165) is 36.3 Å². The van der Waals surface area contributed by atoms with E-state index in [1.54, 1.807) is 4.52 Å². The lowest BCUT2D eigenvalue weighted by Gasteiger charge is -2.32. The van der Waals surface area contributed by atoms with E-state index < -0.39 is 0 Å². The zero-order valence-corrected chi connectivity index (χ0v) is 17.1. The summed E-state index contributed by atoms with van der Waals surface area (Å²) in [5, 5.41) is 14.1. The van der Waals surface area contributed by atoms with Crippen LogP contribution in [-0.2, 0) is 6.42 Å². The molecule has 0 radical (unpaired) electrons. The third-order valence-electron chi connectivity index (χ3n) is 5.30. The van der Waals surface area contributed by atoms with E-state index in [9.17, 15) is 4.79 Å². The smallest absolute Gasteiger partial charge is 0.276 e. The number of carbonyl (C=O) groups is 1. The number of benzene rings is 1. The molecule has 146 valence electrons. The van der Waals surface area contributed by atoms with Crippen LogP contribution in [0, 0.1) is 6.92 Å². The van der Waals surface area contributed by atoms with Gasteiger partial charge < -0.3 is 9.80 Å². The molecule has 1 saturated heterocycles. The largest absolute Gasteiger partial charge is 0.335 e. The Balaban J connectivity index is 1.78. The van der Waals surface area contributed by atoms with Gasteiger partial charge >= 0.3 is 0 Å². The summed E-state index contributed by atoms with van der Waals surface area (Å²) in [6, 6.07) is 7.62. The number of aromatic nitrogens is 4. The number of likely N-dealkylation sites (N-methyl/N-ethyl adjacent to an activating group) is 1. The van der Waals surface area contributed by atoms with Crippen LogP contribution in [0.3, 0.4) is 0 Å². The lowest BCUT2D eigenvalue weighted by Crippen LogP contribution is -2.47. The van der Waals surface area contributed by atoms with Crippen LogP contribution in [0.2, 0.25) is 5.02 Å². The number of amides is 1. The summed E-state index contributed by atoms with van der Waals surface area (Å²) in [4.78, 5) is 17.0. The van der Waals surface area contributed by atoms with E-state index in [1.165, 1.54) is 0 Å². The molecular formula is C20H23ClN6O. The number of halogens is 1. The second-order valence-corrected chi connectivity index (χ2v) is 7.58. The fourth-order valence-corrected chi connectivity index (χ4v) is 3.69. The Hall–Kier alpha value is -2.51. The quantitative estimate of drug-likeness (QED) is 0.678. The average molecular weight is 399 g/mol. The van der Waals surface area contributed by atoms with Gasteiger partial charge in [-0.25, -0.2) is 4.52 Å². The highest BCUT2D eigenvalue weighted by Crippen LogP contribution is 2.29. The molecule has 0 unspecified atom stereocenters. The van der Waals surface area contributed by atoms with Crippen LogP contribution in [-0.4, -0.2) is 68.7 Å². The van der Waals surface area contributed by atoms with Gasteiger partial charge in [0.2, 0.25) is 0 Å². The van der Waals surface area contributed by atoms with Crippen molar-refractivity contribution in [2.45, 2.75) is 20.3 Å². The van der Waals surface area contributed by atoms with Gasteiger partial charge in [-0.15, -0.1) is 10.2 Å². The normalized spacial score (nSPS) is 15.4. The maximum atomic E-state index is 13.0. The number of hydrogen-bond acceptors (Lipinski definition) is 5. The SMILES string of the molecule is CCc1nn2c(C)c(C(=O)N3CCN(C)CC3)nnc2c1-c1ccc(Cl)cc1. The van der Waals surface area contributed by atoms with Crippen molar-refractivity contribution in [2.75, 3.05) is 33.2 Å². The van der Waals surface area contributed by atoms with Gasteiger partial charge in [0, 0.05) is 31.2 Å². The Bertz CT molecular complexity index is 1020. The predicted molar refractivity (Wildman–Crippen MR) is 109 cm³/mol. The monoisotopic (exact) mass is 398 g/mol. The maximum Gasteiger partial charge on any atom is 0.276 e. The molecule has 0 bridgehead atoms. The summed E-state index contributed by atoms with van der Waals surface area (Å²) < 4.78 is 1.75. The standard InChI is InChI=1S/C20H23ClN6O/c1-4-16-17(14-5-7-15(21)8-6-14)19-23-22-18(13(2)27(19)24-16)20(28)26-11-9-25(3)10-12-26/h5-8H,4,9-12H2,1-3H3. The number of fused-ring (bicyclic) bond motifs is 1. The summed E-state index contributed by atoms with van der Waals surface area (Å²) in [6.07, 6.45) is 0.752. The van der Waals surface area contributed by atoms with Crippen LogP contribution in [0.4, 0.5) is 0 Å². The number of aryl methyl sites for hydroxylation is 2. The first-order chi connectivity index (χ1) is 13.5. The van der Waals surface area contributed by atoms with Gasteiger partial charge in [-0.1, -0.05) is 30.7 Å². The summed E-state index contributed by atoms with van der Waals surface area (Å²) >= 11 is 6.03. The minimum Gasteiger partial charge on any atom is -0.335 e. The highest BCUT2D eigenvalue weighted by molar-refractivity contribution is 6.30. The van der Waals surface area contributed by atoms with E-state index in [4.69, 9.17) is 16.7 Å². The van der Waals surface area contributed by atoms with Crippen LogP contribution >= 0.6 is 11.6 Å². The van der Waals surface area contributed by atoms with Crippen molar-refractivity contribution in [1.82, 2.24) is 29.6 Å². The molecule has 1 aliphatic rings. The summed E-state index contributed by atoms with van der Waals surface area (Å²) in [7, 11) is 2.06. The fourth-order valence-electron chi connectivity index (χ4n) is 3.57. The average Bonchev–Trinajstić information content (AvgIpc) is 3.08. The van der Waals surface area contributed by atoms with Crippen LogP contribution in [0.1, 0.15) is 28.8 Å². The van der Waals surface area contributed by atoms with Crippen molar-refractivity contribution in [3.05, 3.63) is 46.4 Å². The number of rotatable bonds is 3. The van der Waals surface area contributed by atoms with Crippen molar-refractivity contribution in [2.24, 2.45) is 0 Å². The Labute approximate surface area is 168 Å². The molecule has 4 rings (SSSR count). The Kier molecular flexibility index (Phi) is 5.03. The van der Waals surface area contributed by atoms with E-state index in [2.05, 4.69) is 29.1 Å². The molecule has 7 nitrogen and oxygen atoms in total. The zero-order chi connectivity index (χ0) is 19.8. The van der Waals surface area contributed by atoms with Crippen molar-refractivity contribution in [1.29, 1.82) is 0 Å². The van der Waals surface area contributed by atoms with E-state index in [1.807, 2.05) is 36.1 Å². The minimum atomic E-state index is -0.0819. The Morgan fingerprint density at radius 2 is 1.79 bits per heavy atom. The predicted octanol–water partition coefficient (Wildman–Crippen LogP) is 2.70. The topological polar surface area (TPSA) is 66.6 Å². The number of hydrogen-bond donors (Lipinski definition) is 0. The second kappa shape index (κ2) is 7.48. The molecule has 8 heteroatoms. The zero-order valence-electron chi connectivity index (χ0n) is 16.3. The molecule has 0 atom stereocenters. The first-order valence-electron chi connectivity index (χ1n) is 9.48. The van der Waals surface area contributed by atoms with Gasteiger partial charge in [0.1, 0.15) is 0 Å². The third kappa shape index (κ3) is 3.25. The Morgan fingerprint density at radius 3 is 2.43 bits per heavy atom. The lowest BCUT2D eigenvalue weighted by molar-refractivity contribution is 0.0655. The van der Waals surface area contributed by atoms with Gasteiger partial charge in [0.15, 0.2) is 11.3 Å². The summed E-state index contributed by atoms with van der Waals surface area (Å²) in [6.45, 7) is 7.06. The molecule has 3 heterocycles. The molecule has 1 aromatic carbocycles. The summed E-state index contributed by atoms with van der Waals surface area (Å²) in [5.74, 6) is -0.0819. The van der Waals surface area contributed by atoms with Crippen LogP contribution < -0.4 is 0 Å². The highest BCUT2D eigenvalue weighted by Gasteiger charge is 2.26. The number of carbonyl (C=O) groups excluding carboxylic acids is 1. The first-order valence-corrected chi connectivity index (χ1v) is 9.86. The van der Waals surface area contributed by atoms with Gasteiger partial charge in [-0.05, 0) is 38.1 Å². The molecule has 0 N–H and O–H groups in total. The van der Waals surface area contributed by atoms with Crippen LogP contribution in [0.25, 0.3) is 16.8 Å². The van der Waals surface area contributed by atoms with Crippen LogP contribution in [0.5, 0.6) is 0 Å². The minimum absolute atomic E-state index is 0.0819. The molecule has 1 amide bonds. The molecule has 28 heavy (non-hydrogen) atoms. The highest BCUT2D eigenvalue weighted by atomic mass is 35.5. The second-order valence-electron chi connectivity index (χ2n) is 7.15. The number of nitrogens with zero attached hydrogens (tertiary/aromatic N) is 6. The molecule has 2 aromatic heterocycles. The van der Waals surface area contributed by atoms with E-state index in [-0.39, 0.29) is 5.91 Å². The fraction of sp³-hybridized carbons (Fsp3) is 0.400. The molecule has 0 saturated carbocycles. The molecule has 1 aliphatic heterocycles. The van der Waals surface area contributed by atoms with Gasteiger partial charge in [-0.2, -0.15) is 5.10 Å². The van der Waals surface area contributed by atoms with E-state index >= 15 is 0 Å².